The minimum atomic E-state index is -4.43. The van der Waals surface area contributed by atoms with Crippen molar-refractivity contribution in [3.05, 3.63) is 42.5 Å². The molecule has 1 fully saturated rings. The van der Waals surface area contributed by atoms with Crippen LogP contribution in [-0.2, 0) is 10.0 Å². The van der Waals surface area contributed by atoms with Gasteiger partial charge in [-0.15, -0.1) is 0 Å². The Morgan fingerprint density at radius 1 is 1.12 bits per heavy atom. The van der Waals surface area contributed by atoms with Gasteiger partial charge in [0, 0.05) is 29.6 Å². The molecule has 0 bridgehead atoms. The maximum absolute atomic E-state index is 12.6. The van der Waals surface area contributed by atoms with Crippen LogP contribution in [0.15, 0.2) is 42.5 Å². The minimum Gasteiger partial charge on any atom is -0.484 e. The number of sulfonamides is 1. The first-order chi connectivity index (χ1) is 15.0. The lowest BCUT2D eigenvalue weighted by molar-refractivity contribution is -0.153. The third-order valence-corrected chi connectivity index (χ3v) is 7.33. The molecule has 172 valence electrons. The molecule has 3 aromatic rings. The van der Waals surface area contributed by atoms with E-state index in [0.717, 1.165) is 11.3 Å². The summed E-state index contributed by atoms with van der Waals surface area (Å²) in [5.74, 6) is 0.248. The summed E-state index contributed by atoms with van der Waals surface area (Å²) in [6.45, 7) is 2.99. The van der Waals surface area contributed by atoms with Crippen molar-refractivity contribution in [2.24, 2.45) is 0 Å². The number of nitrogen functional groups attached to an aromatic ring is 1. The van der Waals surface area contributed by atoms with Crippen LogP contribution in [0.2, 0.25) is 0 Å². The van der Waals surface area contributed by atoms with Crippen molar-refractivity contribution in [2.45, 2.75) is 32.5 Å². The fourth-order valence-electron chi connectivity index (χ4n) is 4.12. The van der Waals surface area contributed by atoms with Crippen molar-refractivity contribution in [3.63, 3.8) is 0 Å². The van der Waals surface area contributed by atoms with Crippen LogP contribution in [0.4, 0.5) is 24.5 Å². The van der Waals surface area contributed by atoms with Gasteiger partial charge in [0.05, 0.1) is 28.3 Å². The van der Waals surface area contributed by atoms with E-state index in [1.165, 1.54) is 10.4 Å². The van der Waals surface area contributed by atoms with Crippen molar-refractivity contribution >= 4 is 32.3 Å². The summed E-state index contributed by atoms with van der Waals surface area (Å²) in [7, 11) is -3.28. The molecule has 2 heterocycles. The number of halogens is 3. The van der Waals surface area contributed by atoms with E-state index in [0.29, 0.717) is 35.2 Å². The van der Waals surface area contributed by atoms with Crippen molar-refractivity contribution in [3.8, 4) is 17.0 Å². The zero-order valence-corrected chi connectivity index (χ0v) is 18.5. The number of hydrogen-bond acceptors (Lipinski definition) is 4. The Balaban J connectivity index is 1.76. The van der Waals surface area contributed by atoms with E-state index in [2.05, 4.69) is 0 Å². The Hall–Kier alpha value is -2.88. The highest BCUT2D eigenvalue weighted by atomic mass is 32.2. The van der Waals surface area contributed by atoms with Crippen LogP contribution in [0.5, 0.6) is 5.75 Å². The normalized spacial score (nSPS) is 16.2. The van der Waals surface area contributed by atoms with E-state index in [1.54, 1.807) is 24.3 Å². The number of benzene rings is 2. The minimum absolute atomic E-state index is 0.0405. The first kappa shape index (κ1) is 22.3. The summed E-state index contributed by atoms with van der Waals surface area (Å²) in [6.07, 6.45) is -3.83. The molecule has 10 heteroatoms. The second kappa shape index (κ2) is 7.91. The average molecular weight is 468 g/mol. The highest BCUT2D eigenvalue weighted by molar-refractivity contribution is 7.93. The monoisotopic (exact) mass is 467 g/mol. The fraction of sp³-hybridized carbons (Fsp3) is 0.364. The average Bonchev–Trinajstić information content (AvgIpc) is 3.22. The second-order valence-electron chi connectivity index (χ2n) is 8.10. The van der Waals surface area contributed by atoms with Crippen LogP contribution in [0, 0.1) is 0 Å². The number of fused-ring (bicyclic) bond motifs is 1. The van der Waals surface area contributed by atoms with Crippen LogP contribution >= 0.6 is 0 Å². The topological polar surface area (TPSA) is 77.6 Å². The van der Waals surface area contributed by atoms with Crippen LogP contribution in [0.25, 0.3) is 22.2 Å². The number of rotatable bonds is 5. The Bertz CT molecular complexity index is 1250. The molecule has 1 aliphatic heterocycles. The van der Waals surface area contributed by atoms with Crippen molar-refractivity contribution in [2.75, 3.05) is 28.9 Å². The summed E-state index contributed by atoms with van der Waals surface area (Å²) in [6, 6.07) is 11.8. The Kier molecular flexibility index (Phi) is 5.52. The predicted molar refractivity (Wildman–Crippen MR) is 119 cm³/mol. The smallest absolute Gasteiger partial charge is 0.422 e. The van der Waals surface area contributed by atoms with Gasteiger partial charge in [0.2, 0.25) is 10.0 Å². The van der Waals surface area contributed by atoms with Gasteiger partial charge in [0.25, 0.3) is 0 Å². The molecule has 0 spiro atoms. The first-order valence-corrected chi connectivity index (χ1v) is 11.8. The van der Waals surface area contributed by atoms with Crippen LogP contribution < -0.4 is 14.8 Å². The molecule has 2 aromatic carbocycles. The quantitative estimate of drug-likeness (QED) is 0.576. The zero-order chi connectivity index (χ0) is 23.3. The van der Waals surface area contributed by atoms with Crippen LogP contribution in [0.3, 0.4) is 0 Å². The number of nitrogens with two attached hydrogens (primary N) is 1. The van der Waals surface area contributed by atoms with Gasteiger partial charge in [-0.3, -0.25) is 4.31 Å². The van der Waals surface area contributed by atoms with Gasteiger partial charge in [-0.2, -0.15) is 13.2 Å². The largest absolute Gasteiger partial charge is 0.484 e. The predicted octanol–water partition coefficient (Wildman–Crippen LogP) is 4.95. The Morgan fingerprint density at radius 2 is 1.81 bits per heavy atom. The van der Waals surface area contributed by atoms with Crippen molar-refractivity contribution in [1.82, 2.24) is 4.57 Å². The summed E-state index contributed by atoms with van der Waals surface area (Å²) >= 11 is 0. The van der Waals surface area contributed by atoms with E-state index < -0.39 is 22.8 Å². The molecule has 32 heavy (non-hydrogen) atoms. The third-order valence-electron chi connectivity index (χ3n) is 5.46. The maximum Gasteiger partial charge on any atom is 0.422 e. The van der Waals surface area contributed by atoms with Crippen LogP contribution in [0.1, 0.15) is 26.3 Å². The lowest BCUT2D eigenvalue weighted by atomic mass is 10.1. The van der Waals surface area contributed by atoms with Crippen molar-refractivity contribution in [1.29, 1.82) is 0 Å². The van der Waals surface area contributed by atoms with Gasteiger partial charge < -0.3 is 15.0 Å². The lowest BCUT2D eigenvalue weighted by Crippen LogP contribution is -2.24. The van der Waals surface area contributed by atoms with Gasteiger partial charge in [-0.25, -0.2) is 8.42 Å². The summed E-state index contributed by atoms with van der Waals surface area (Å²) in [5, 5.41) is 0.708. The van der Waals surface area contributed by atoms with Gasteiger partial charge in [-0.05, 0) is 44.5 Å². The standard InChI is InChI=1S/C22H24F3N3O3S/c1-14(2)28-19-12-17(31-13-22(23,24)25)8-9-18(19)20(26)21(28)15-4-6-16(7-5-15)27-10-3-11-32(27,29)30/h4-9,12,14H,3,10-11,13,26H2,1-2H3. The van der Waals surface area contributed by atoms with E-state index in [-0.39, 0.29) is 17.5 Å². The number of anilines is 2. The molecule has 0 unspecified atom stereocenters. The molecule has 0 atom stereocenters. The molecule has 1 aliphatic rings. The number of ether oxygens (including phenoxy) is 1. The fourth-order valence-corrected chi connectivity index (χ4v) is 5.68. The van der Waals surface area contributed by atoms with Gasteiger partial charge in [0.1, 0.15) is 5.75 Å². The highest BCUT2D eigenvalue weighted by Gasteiger charge is 2.30. The van der Waals surface area contributed by atoms with Gasteiger partial charge >= 0.3 is 6.18 Å². The molecular weight excluding hydrogens is 443 g/mol. The van der Waals surface area contributed by atoms with Gasteiger partial charge in [-0.1, -0.05) is 12.1 Å². The summed E-state index contributed by atoms with van der Waals surface area (Å²) in [4.78, 5) is 0. The number of alkyl halides is 3. The highest BCUT2D eigenvalue weighted by Crippen LogP contribution is 2.40. The SMILES string of the molecule is CC(C)n1c(-c2ccc(N3CCCS3(=O)=O)cc2)c(N)c2ccc(OCC(F)(F)F)cc21. The molecular formula is C22H24F3N3O3S. The molecule has 1 saturated heterocycles. The molecule has 4 rings (SSSR count). The first-order valence-electron chi connectivity index (χ1n) is 10.2. The summed E-state index contributed by atoms with van der Waals surface area (Å²) < 4.78 is 70.3. The van der Waals surface area contributed by atoms with Crippen LogP contribution in [-0.4, -0.2) is 38.1 Å². The summed E-state index contributed by atoms with van der Waals surface area (Å²) in [5.41, 5.74) is 9.72. The molecule has 2 N–H and O–H groups in total. The Labute approximate surface area is 184 Å². The maximum atomic E-state index is 12.6. The second-order valence-corrected chi connectivity index (χ2v) is 10.1. The van der Waals surface area contributed by atoms with Gasteiger partial charge in [0.15, 0.2) is 6.61 Å². The molecule has 0 amide bonds. The molecule has 6 nitrogen and oxygen atoms in total. The van der Waals surface area contributed by atoms with E-state index in [1.807, 2.05) is 30.5 Å². The van der Waals surface area contributed by atoms with E-state index in [9.17, 15) is 21.6 Å². The number of aromatic nitrogens is 1. The number of nitrogens with zero attached hydrogens (tertiary/aromatic N) is 2. The van der Waals surface area contributed by atoms with E-state index in [4.69, 9.17) is 10.5 Å². The molecule has 0 saturated carbocycles. The lowest BCUT2D eigenvalue weighted by Gasteiger charge is -2.19. The molecule has 0 radical (unpaired) electrons. The zero-order valence-electron chi connectivity index (χ0n) is 17.7. The molecule has 0 aliphatic carbocycles. The van der Waals surface area contributed by atoms with Crippen molar-refractivity contribution < 1.29 is 26.3 Å². The third kappa shape index (κ3) is 4.11. The Morgan fingerprint density at radius 3 is 2.38 bits per heavy atom. The number of hydrogen-bond donors (Lipinski definition) is 1. The van der Waals surface area contributed by atoms with E-state index >= 15 is 0 Å². The molecule has 1 aromatic heterocycles.